The zero-order valence-electron chi connectivity index (χ0n) is 19.6. The van der Waals surface area contributed by atoms with Crippen molar-refractivity contribution in [2.45, 2.75) is 52.5 Å². The van der Waals surface area contributed by atoms with E-state index in [-0.39, 0.29) is 0 Å². The summed E-state index contributed by atoms with van der Waals surface area (Å²) in [6.45, 7) is 8.35. The Balaban J connectivity index is 2.04. The molecule has 2 N–H and O–H groups in total. The third-order valence-electron chi connectivity index (χ3n) is 5.70. The van der Waals surface area contributed by atoms with Gasteiger partial charge in [-0.05, 0) is 68.7 Å². The summed E-state index contributed by atoms with van der Waals surface area (Å²) in [5.41, 5.74) is 7.72. The van der Waals surface area contributed by atoms with Crippen LogP contribution in [0, 0.1) is 11.8 Å². The molecule has 0 amide bonds. The standard InChI is InChI=1S/C24H34N4O3S/c1-6-8-11-24(4,25)23-27-26-22(31-23)20-14-18(9-10-19-13-17(19)3)15-21(16-20)28(12-7-2)32(5,29)30/h6,8-10,14-17,19H,7,11-13,25H2,1-5H3/b8-6+,10-9-/t17?,19?,24-/m1/s1. The molecule has 32 heavy (non-hydrogen) atoms. The SMILES string of the molecule is C/C=C/C[C@@](C)(N)c1nnc(-c2cc(/C=C\C3CC3C)cc(N(CCC)S(C)(=O)=O)c2)o1. The molecule has 0 radical (unpaired) electrons. The Bertz CT molecular complexity index is 1100. The van der Waals surface area contributed by atoms with E-state index in [0.29, 0.717) is 54.3 Å². The van der Waals surface area contributed by atoms with Gasteiger partial charge in [0.2, 0.25) is 21.8 Å². The molecule has 2 aromatic rings. The number of aromatic nitrogens is 2. The van der Waals surface area contributed by atoms with E-state index in [1.54, 1.807) is 6.07 Å². The second-order valence-corrected chi connectivity index (χ2v) is 10.9. The molecular formula is C24H34N4O3S. The first-order chi connectivity index (χ1) is 15.0. The quantitative estimate of drug-likeness (QED) is 0.517. The predicted molar refractivity (Wildman–Crippen MR) is 129 cm³/mol. The van der Waals surface area contributed by atoms with E-state index in [4.69, 9.17) is 10.2 Å². The van der Waals surface area contributed by atoms with Crippen LogP contribution in [0.3, 0.4) is 0 Å². The maximum Gasteiger partial charge on any atom is 0.247 e. The van der Waals surface area contributed by atoms with Crippen LogP contribution in [0.1, 0.15) is 58.4 Å². The number of allylic oxidation sites excluding steroid dienone is 2. The Morgan fingerprint density at radius 2 is 2.03 bits per heavy atom. The molecule has 1 heterocycles. The van der Waals surface area contributed by atoms with E-state index >= 15 is 0 Å². The number of nitrogens with two attached hydrogens (primary N) is 1. The second kappa shape index (κ2) is 9.58. The van der Waals surface area contributed by atoms with E-state index < -0.39 is 15.6 Å². The van der Waals surface area contributed by atoms with Gasteiger partial charge in [0.1, 0.15) is 0 Å². The number of hydrogen-bond acceptors (Lipinski definition) is 6. The summed E-state index contributed by atoms with van der Waals surface area (Å²) >= 11 is 0. The van der Waals surface area contributed by atoms with E-state index in [9.17, 15) is 8.42 Å². The number of sulfonamides is 1. The van der Waals surface area contributed by atoms with Gasteiger partial charge in [-0.25, -0.2) is 8.42 Å². The molecule has 1 saturated carbocycles. The van der Waals surface area contributed by atoms with Crippen molar-refractivity contribution >= 4 is 21.8 Å². The fourth-order valence-corrected chi connectivity index (χ4v) is 4.56. The zero-order valence-corrected chi connectivity index (χ0v) is 20.4. The molecule has 174 valence electrons. The van der Waals surface area contributed by atoms with E-state index in [1.165, 1.54) is 17.0 Å². The van der Waals surface area contributed by atoms with Crippen molar-refractivity contribution in [3.63, 3.8) is 0 Å². The van der Waals surface area contributed by atoms with E-state index in [0.717, 1.165) is 5.56 Å². The number of benzene rings is 1. The molecule has 0 spiro atoms. The Morgan fingerprint density at radius 3 is 2.62 bits per heavy atom. The average Bonchev–Trinajstić information content (AvgIpc) is 3.21. The van der Waals surface area contributed by atoms with Crippen LogP contribution in [0.15, 0.2) is 40.8 Å². The highest BCUT2D eigenvalue weighted by Gasteiger charge is 2.30. The predicted octanol–water partition coefficient (Wildman–Crippen LogP) is 4.72. The number of anilines is 1. The summed E-state index contributed by atoms with van der Waals surface area (Å²) in [6.07, 6.45) is 11.8. The normalized spacial score (nSPS) is 20.7. The summed E-state index contributed by atoms with van der Waals surface area (Å²) in [5, 5.41) is 8.39. The largest absolute Gasteiger partial charge is 0.419 e. The van der Waals surface area contributed by atoms with Crippen LogP contribution < -0.4 is 10.0 Å². The number of nitrogens with zero attached hydrogens (tertiary/aromatic N) is 3. The summed E-state index contributed by atoms with van der Waals surface area (Å²) in [4.78, 5) is 0. The monoisotopic (exact) mass is 458 g/mol. The van der Waals surface area contributed by atoms with Crippen molar-refractivity contribution in [1.82, 2.24) is 10.2 Å². The van der Waals surface area contributed by atoms with Crippen LogP contribution >= 0.6 is 0 Å². The molecular weight excluding hydrogens is 424 g/mol. The smallest absolute Gasteiger partial charge is 0.247 e. The molecule has 1 aromatic heterocycles. The summed E-state index contributed by atoms with van der Waals surface area (Å²) < 4.78 is 32.3. The van der Waals surface area contributed by atoms with Gasteiger partial charge in [-0.1, -0.05) is 38.2 Å². The van der Waals surface area contributed by atoms with E-state index in [2.05, 4.69) is 23.2 Å². The molecule has 1 aliphatic carbocycles. The van der Waals surface area contributed by atoms with Crippen molar-refractivity contribution in [2.75, 3.05) is 17.1 Å². The summed E-state index contributed by atoms with van der Waals surface area (Å²) in [6, 6.07) is 5.61. The van der Waals surface area contributed by atoms with Crippen LogP contribution in [0.5, 0.6) is 0 Å². The molecule has 2 unspecified atom stereocenters. The fourth-order valence-electron chi connectivity index (χ4n) is 3.56. The van der Waals surface area contributed by atoms with Crippen molar-refractivity contribution in [2.24, 2.45) is 17.6 Å². The van der Waals surface area contributed by atoms with E-state index in [1.807, 2.05) is 51.1 Å². The van der Waals surface area contributed by atoms with Crippen LogP contribution in [-0.2, 0) is 15.6 Å². The van der Waals surface area contributed by atoms with Crippen molar-refractivity contribution in [3.8, 4) is 11.5 Å². The van der Waals surface area contributed by atoms with Crippen LogP contribution in [0.2, 0.25) is 0 Å². The molecule has 1 aromatic carbocycles. The second-order valence-electron chi connectivity index (χ2n) is 8.99. The van der Waals surface area contributed by atoms with Crippen LogP contribution in [0.4, 0.5) is 5.69 Å². The first-order valence-electron chi connectivity index (χ1n) is 11.1. The number of hydrogen-bond donors (Lipinski definition) is 1. The summed E-state index contributed by atoms with van der Waals surface area (Å²) in [7, 11) is -3.44. The highest BCUT2D eigenvalue weighted by atomic mass is 32.2. The first-order valence-corrected chi connectivity index (χ1v) is 13.0. The van der Waals surface area contributed by atoms with Gasteiger partial charge >= 0.3 is 0 Å². The maximum atomic E-state index is 12.5. The summed E-state index contributed by atoms with van der Waals surface area (Å²) in [5.74, 6) is 1.93. The Morgan fingerprint density at radius 1 is 1.31 bits per heavy atom. The maximum absolute atomic E-state index is 12.5. The lowest BCUT2D eigenvalue weighted by Gasteiger charge is -2.22. The lowest BCUT2D eigenvalue weighted by atomic mass is 9.99. The minimum Gasteiger partial charge on any atom is -0.419 e. The molecule has 3 atom stereocenters. The molecule has 0 saturated heterocycles. The van der Waals surface area contributed by atoms with Crippen molar-refractivity contribution < 1.29 is 12.8 Å². The molecule has 8 heteroatoms. The topological polar surface area (TPSA) is 102 Å². The molecule has 0 bridgehead atoms. The van der Waals surface area contributed by atoms with Gasteiger partial charge in [0.25, 0.3) is 0 Å². The molecule has 7 nitrogen and oxygen atoms in total. The lowest BCUT2D eigenvalue weighted by molar-refractivity contribution is 0.360. The van der Waals surface area contributed by atoms with Crippen molar-refractivity contribution in [1.29, 1.82) is 0 Å². The van der Waals surface area contributed by atoms with Crippen LogP contribution in [-0.4, -0.2) is 31.4 Å². The number of rotatable bonds is 10. The minimum atomic E-state index is -3.44. The molecule has 3 rings (SSSR count). The molecule has 0 aliphatic heterocycles. The highest BCUT2D eigenvalue weighted by Crippen LogP contribution is 2.39. The minimum absolute atomic E-state index is 0.318. The van der Waals surface area contributed by atoms with Gasteiger partial charge in [-0.15, -0.1) is 10.2 Å². The Hall–Kier alpha value is -2.45. The van der Waals surface area contributed by atoms with Gasteiger partial charge in [0, 0.05) is 12.1 Å². The van der Waals surface area contributed by atoms with Gasteiger partial charge in [-0.2, -0.15) is 0 Å². The van der Waals surface area contributed by atoms with Gasteiger partial charge in [-0.3, -0.25) is 4.31 Å². The Labute approximate surface area is 191 Å². The zero-order chi connectivity index (χ0) is 23.5. The first kappa shape index (κ1) is 24.2. The Kier molecular flexibility index (Phi) is 7.25. The highest BCUT2D eigenvalue weighted by molar-refractivity contribution is 7.92. The van der Waals surface area contributed by atoms with Gasteiger partial charge in [0.15, 0.2) is 0 Å². The van der Waals surface area contributed by atoms with Gasteiger partial charge in [0.05, 0.1) is 17.5 Å². The lowest BCUT2D eigenvalue weighted by Crippen LogP contribution is -2.32. The third kappa shape index (κ3) is 5.86. The fraction of sp³-hybridized carbons (Fsp3) is 0.500. The van der Waals surface area contributed by atoms with Crippen molar-refractivity contribution in [3.05, 3.63) is 47.9 Å². The van der Waals surface area contributed by atoms with Gasteiger partial charge < -0.3 is 10.2 Å². The molecule has 1 fully saturated rings. The third-order valence-corrected chi connectivity index (χ3v) is 6.89. The van der Waals surface area contributed by atoms with Crippen LogP contribution in [0.25, 0.3) is 17.5 Å². The molecule has 1 aliphatic rings. The average molecular weight is 459 g/mol.